The second-order valence-electron chi connectivity index (χ2n) is 2.00. The Morgan fingerprint density at radius 3 is 2.56 bits per heavy atom. The average Bonchev–Trinajstić information content (AvgIpc) is 2.15. The second kappa shape index (κ2) is 2.09. The van der Waals surface area contributed by atoms with Gasteiger partial charge in [-0.2, -0.15) is 5.10 Å². The Balaban J connectivity index is 3.04. The summed E-state index contributed by atoms with van der Waals surface area (Å²) in [6, 6.07) is 0. The van der Waals surface area contributed by atoms with Crippen LogP contribution in [-0.2, 0) is 6.42 Å². The molecule has 0 saturated carbocycles. The fraction of sp³-hybridized carbons (Fsp3) is 0.500. The highest BCUT2D eigenvalue weighted by Gasteiger charge is 2.03. The Morgan fingerprint density at radius 2 is 2.33 bits per heavy atom. The fourth-order valence-corrected chi connectivity index (χ4v) is 0.720. The predicted octanol–water partition coefficient (Wildman–Crippen LogP) is 0.986. The van der Waals surface area contributed by atoms with Gasteiger partial charge < -0.3 is 5.11 Å². The van der Waals surface area contributed by atoms with Gasteiger partial charge in [0.2, 0.25) is 0 Å². The van der Waals surface area contributed by atoms with Crippen LogP contribution in [0.1, 0.15) is 18.3 Å². The fourth-order valence-electron chi connectivity index (χ4n) is 0.720. The SMILES string of the molecule is CCc1n[nH]c(C)c1O. The molecule has 1 rings (SSSR count). The molecule has 0 radical (unpaired) electrons. The van der Waals surface area contributed by atoms with E-state index in [0.29, 0.717) is 5.75 Å². The van der Waals surface area contributed by atoms with E-state index < -0.39 is 0 Å². The minimum atomic E-state index is 0.303. The molecular weight excluding hydrogens is 116 g/mol. The summed E-state index contributed by atoms with van der Waals surface area (Å²) in [5.41, 5.74) is 1.49. The molecule has 1 aromatic heterocycles. The third-order valence-corrected chi connectivity index (χ3v) is 1.32. The van der Waals surface area contributed by atoms with E-state index in [2.05, 4.69) is 10.2 Å². The van der Waals surface area contributed by atoms with Gasteiger partial charge >= 0.3 is 0 Å². The zero-order valence-electron chi connectivity index (χ0n) is 5.60. The first-order valence-corrected chi connectivity index (χ1v) is 2.98. The van der Waals surface area contributed by atoms with E-state index in [-0.39, 0.29) is 0 Å². The molecule has 9 heavy (non-hydrogen) atoms. The molecule has 0 unspecified atom stereocenters. The maximum absolute atomic E-state index is 9.14. The maximum Gasteiger partial charge on any atom is 0.159 e. The molecule has 0 aliphatic rings. The molecule has 50 valence electrons. The number of nitrogens with one attached hydrogen (secondary N) is 1. The first-order valence-electron chi connectivity index (χ1n) is 2.98. The number of aromatic amines is 1. The van der Waals surface area contributed by atoms with Gasteiger partial charge in [0.1, 0.15) is 5.69 Å². The van der Waals surface area contributed by atoms with Crippen LogP contribution >= 0.6 is 0 Å². The lowest BCUT2D eigenvalue weighted by molar-refractivity contribution is 0.465. The van der Waals surface area contributed by atoms with Crippen LogP contribution in [0.4, 0.5) is 0 Å². The molecule has 0 spiro atoms. The summed E-state index contributed by atoms with van der Waals surface area (Å²) in [5, 5.41) is 15.7. The van der Waals surface area contributed by atoms with Gasteiger partial charge in [0.15, 0.2) is 5.75 Å². The molecule has 0 bridgehead atoms. The number of rotatable bonds is 1. The van der Waals surface area contributed by atoms with Crippen molar-refractivity contribution >= 4 is 0 Å². The summed E-state index contributed by atoms with van der Waals surface area (Å²) >= 11 is 0. The molecule has 0 aromatic carbocycles. The van der Waals surface area contributed by atoms with Gasteiger partial charge in [-0.25, -0.2) is 0 Å². The Bertz CT molecular complexity index is 205. The minimum absolute atomic E-state index is 0.303. The van der Waals surface area contributed by atoms with Crippen molar-refractivity contribution in [3.8, 4) is 5.75 Å². The zero-order chi connectivity index (χ0) is 6.85. The summed E-state index contributed by atoms with van der Waals surface area (Å²) in [7, 11) is 0. The van der Waals surface area contributed by atoms with Crippen molar-refractivity contribution in [1.82, 2.24) is 10.2 Å². The van der Waals surface area contributed by atoms with Crippen molar-refractivity contribution in [3.63, 3.8) is 0 Å². The van der Waals surface area contributed by atoms with Gasteiger partial charge in [-0.3, -0.25) is 5.10 Å². The van der Waals surface area contributed by atoms with Crippen LogP contribution in [-0.4, -0.2) is 15.3 Å². The highest BCUT2D eigenvalue weighted by molar-refractivity contribution is 5.29. The van der Waals surface area contributed by atoms with E-state index >= 15 is 0 Å². The number of aromatic hydroxyl groups is 1. The van der Waals surface area contributed by atoms with Gasteiger partial charge in [0.25, 0.3) is 0 Å². The molecule has 0 fully saturated rings. The van der Waals surface area contributed by atoms with Crippen LogP contribution in [0.2, 0.25) is 0 Å². The largest absolute Gasteiger partial charge is 0.504 e. The lowest BCUT2D eigenvalue weighted by Crippen LogP contribution is -1.77. The summed E-state index contributed by atoms with van der Waals surface area (Å²) in [4.78, 5) is 0. The number of nitrogens with zero attached hydrogens (tertiary/aromatic N) is 1. The Kier molecular flexibility index (Phi) is 1.42. The van der Waals surface area contributed by atoms with E-state index in [1.54, 1.807) is 6.92 Å². The molecular formula is C6H10N2O. The molecule has 1 heterocycles. The topological polar surface area (TPSA) is 48.9 Å². The van der Waals surface area contributed by atoms with Gasteiger partial charge in [-0.15, -0.1) is 0 Å². The van der Waals surface area contributed by atoms with Gasteiger partial charge in [-0.1, -0.05) is 6.92 Å². The number of aromatic nitrogens is 2. The first kappa shape index (κ1) is 6.13. The first-order chi connectivity index (χ1) is 4.25. The Labute approximate surface area is 53.7 Å². The van der Waals surface area contributed by atoms with Crippen LogP contribution in [0.5, 0.6) is 5.75 Å². The normalized spacial score (nSPS) is 10.0. The van der Waals surface area contributed by atoms with Crippen molar-refractivity contribution in [1.29, 1.82) is 0 Å². The molecule has 0 amide bonds. The van der Waals surface area contributed by atoms with E-state index in [4.69, 9.17) is 5.11 Å². The van der Waals surface area contributed by atoms with Gasteiger partial charge in [0.05, 0.1) is 5.69 Å². The third-order valence-electron chi connectivity index (χ3n) is 1.32. The Hall–Kier alpha value is -0.990. The predicted molar refractivity (Wildman–Crippen MR) is 34.4 cm³/mol. The van der Waals surface area contributed by atoms with E-state index in [9.17, 15) is 0 Å². The Morgan fingerprint density at radius 1 is 1.67 bits per heavy atom. The van der Waals surface area contributed by atoms with Gasteiger partial charge in [-0.05, 0) is 13.3 Å². The average molecular weight is 126 g/mol. The molecule has 0 aliphatic heterocycles. The molecule has 0 atom stereocenters. The van der Waals surface area contributed by atoms with Crippen LogP contribution < -0.4 is 0 Å². The van der Waals surface area contributed by atoms with Crippen LogP contribution in [0.25, 0.3) is 0 Å². The number of H-pyrrole nitrogens is 1. The van der Waals surface area contributed by atoms with Crippen molar-refractivity contribution in [3.05, 3.63) is 11.4 Å². The molecule has 3 nitrogen and oxygen atoms in total. The lowest BCUT2D eigenvalue weighted by Gasteiger charge is -1.87. The van der Waals surface area contributed by atoms with E-state index in [0.717, 1.165) is 17.8 Å². The van der Waals surface area contributed by atoms with Crippen LogP contribution in [0.15, 0.2) is 0 Å². The summed E-state index contributed by atoms with van der Waals surface area (Å²) in [5.74, 6) is 0.303. The highest BCUT2D eigenvalue weighted by Crippen LogP contribution is 2.17. The third kappa shape index (κ3) is 0.896. The quantitative estimate of drug-likeness (QED) is 0.589. The summed E-state index contributed by atoms with van der Waals surface area (Å²) in [6.07, 6.45) is 0.774. The van der Waals surface area contributed by atoms with Crippen molar-refractivity contribution in [2.45, 2.75) is 20.3 Å². The van der Waals surface area contributed by atoms with Crippen molar-refractivity contribution in [2.75, 3.05) is 0 Å². The number of aryl methyl sites for hydroxylation is 2. The molecule has 0 saturated heterocycles. The monoisotopic (exact) mass is 126 g/mol. The summed E-state index contributed by atoms with van der Waals surface area (Å²) < 4.78 is 0. The van der Waals surface area contributed by atoms with Crippen LogP contribution in [0.3, 0.4) is 0 Å². The summed E-state index contributed by atoms with van der Waals surface area (Å²) in [6.45, 7) is 3.75. The van der Waals surface area contributed by atoms with E-state index in [1.165, 1.54) is 0 Å². The lowest BCUT2D eigenvalue weighted by atomic mass is 10.3. The highest BCUT2D eigenvalue weighted by atomic mass is 16.3. The van der Waals surface area contributed by atoms with Crippen LogP contribution in [0, 0.1) is 6.92 Å². The van der Waals surface area contributed by atoms with Crippen molar-refractivity contribution in [2.24, 2.45) is 0 Å². The number of hydrogen-bond donors (Lipinski definition) is 2. The smallest absolute Gasteiger partial charge is 0.159 e. The standard InChI is InChI=1S/C6H10N2O/c1-3-5-6(9)4(2)7-8-5/h9H,3H2,1-2H3,(H,7,8). The number of hydrogen-bond acceptors (Lipinski definition) is 2. The second-order valence-corrected chi connectivity index (χ2v) is 2.00. The van der Waals surface area contributed by atoms with Crippen molar-refractivity contribution < 1.29 is 5.11 Å². The zero-order valence-corrected chi connectivity index (χ0v) is 5.60. The molecule has 1 aromatic rings. The molecule has 0 aliphatic carbocycles. The minimum Gasteiger partial charge on any atom is -0.504 e. The molecule has 2 N–H and O–H groups in total. The maximum atomic E-state index is 9.14. The molecule has 3 heteroatoms. The van der Waals surface area contributed by atoms with E-state index in [1.807, 2.05) is 6.92 Å². The van der Waals surface area contributed by atoms with Gasteiger partial charge in [0, 0.05) is 0 Å².